The van der Waals surface area contributed by atoms with Crippen molar-refractivity contribution in [2.45, 2.75) is 25.4 Å². The number of amides is 2. The monoisotopic (exact) mass is 373 g/mol. The molecule has 1 saturated heterocycles. The van der Waals surface area contributed by atoms with E-state index in [9.17, 15) is 22.8 Å². The Morgan fingerprint density at radius 2 is 2.08 bits per heavy atom. The van der Waals surface area contributed by atoms with E-state index in [-0.39, 0.29) is 37.0 Å². The van der Waals surface area contributed by atoms with Crippen molar-refractivity contribution in [2.24, 2.45) is 11.8 Å². The molecule has 5 nitrogen and oxygen atoms in total. The number of thiazole rings is 1. The van der Waals surface area contributed by atoms with Crippen LogP contribution in [0, 0.1) is 11.8 Å². The first-order valence-electron chi connectivity index (χ1n) is 7.95. The number of aromatic nitrogens is 1. The number of anilines is 1. The predicted octanol–water partition coefficient (Wildman–Crippen LogP) is 2.42. The maximum atomic E-state index is 12.9. The van der Waals surface area contributed by atoms with E-state index >= 15 is 0 Å². The summed E-state index contributed by atoms with van der Waals surface area (Å²) in [6, 6.07) is 0. The standard InChI is InChI=1S/C16H18F3N3O2S/c1-3-13(23)22-7-9(8-22)14(24)21(2)15-20-11-5-4-10(16(17,18)19)6-12(11)25-15/h3,9-10H,1,4-8H2,2H3. The van der Waals surface area contributed by atoms with E-state index < -0.39 is 12.1 Å². The van der Waals surface area contributed by atoms with Crippen molar-refractivity contribution >= 4 is 28.3 Å². The third kappa shape index (κ3) is 3.42. The lowest BCUT2D eigenvalue weighted by Gasteiger charge is -2.38. The average molecular weight is 373 g/mol. The summed E-state index contributed by atoms with van der Waals surface area (Å²) in [4.78, 5) is 31.8. The Balaban J connectivity index is 1.66. The van der Waals surface area contributed by atoms with Crippen LogP contribution in [0.2, 0.25) is 0 Å². The van der Waals surface area contributed by atoms with Gasteiger partial charge in [0.05, 0.1) is 17.5 Å². The molecular weight excluding hydrogens is 355 g/mol. The van der Waals surface area contributed by atoms with E-state index in [2.05, 4.69) is 11.6 Å². The summed E-state index contributed by atoms with van der Waals surface area (Å²) in [6.07, 6.45) is -2.74. The third-order valence-corrected chi connectivity index (χ3v) is 5.92. The first-order chi connectivity index (χ1) is 11.7. The van der Waals surface area contributed by atoms with Crippen LogP contribution in [0.1, 0.15) is 17.0 Å². The maximum Gasteiger partial charge on any atom is 0.392 e. The van der Waals surface area contributed by atoms with Crippen molar-refractivity contribution in [3.05, 3.63) is 23.2 Å². The van der Waals surface area contributed by atoms with Crippen LogP contribution in [0.4, 0.5) is 18.3 Å². The van der Waals surface area contributed by atoms with Gasteiger partial charge in [-0.1, -0.05) is 6.58 Å². The van der Waals surface area contributed by atoms with Gasteiger partial charge in [0.2, 0.25) is 11.8 Å². The van der Waals surface area contributed by atoms with Gasteiger partial charge in [-0.25, -0.2) is 4.98 Å². The fraction of sp³-hybridized carbons (Fsp3) is 0.562. The number of nitrogens with zero attached hydrogens (tertiary/aromatic N) is 3. The summed E-state index contributed by atoms with van der Waals surface area (Å²) in [5.74, 6) is -2.03. The molecule has 2 amide bonds. The van der Waals surface area contributed by atoms with Crippen LogP contribution >= 0.6 is 11.3 Å². The summed E-state index contributed by atoms with van der Waals surface area (Å²) in [5, 5.41) is 0.423. The molecule has 2 heterocycles. The van der Waals surface area contributed by atoms with E-state index in [4.69, 9.17) is 0 Å². The van der Waals surface area contributed by atoms with Gasteiger partial charge in [-0.15, -0.1) is 11.3 Å². The highest BCUT2D eigenvalue weighted by atomic mass is 32.1. The number of aryl methyl sites for hydroxylation is 1. The number of halogens is 3. The molecule has 1 fully saturated rings. The zero-order chi connectivity index (χ0) is 18.4. The van der Waals surface area contributed by atoms with Crippen molar-refractivity contribution in [1.29, 1.82) is 0 Å². The molecule has 9 heteroatoms. The van der Waals surface area contributed by atoms with Crippen LogP contribution in [0.5, 0.6) is 0 Å². The van der Waals surface area contributed by atoms with E-state index in [1.165, 1.54) is 15.9 Å². The van der Waals surface area contributed by atoms with Crippen molar-refractivity contribution in [3.8, 4) is 0 Å². The Morgan fingerprint density at radius 1 is 1.40 bits per heavy atom. The summed E-state index contributed by atoms with van der Waals surface area (Å²) in [5.41, 5.74) is 0.664. The largest absolute Gasteiger partial charge is 0.392 e. The third-order valence-electron chi connectivity index (χ3n) is 4.73. The van der Waals surface area contributed by atoms with E-state index in [0.717, 1.165) is 11.3 Å². The zero-order valence-corrected chi connectivity index (χ0v) is 14.5. The van der Waals surface area contributed by atoms with Crippen LogP contribution < -0.4 is 4.90 Å². The molecule has 0 saturated carbocycles. The maximum absolute atomic E-state index is 12.9. The lowest BCUT2D eigenvalue weighted by atomic mass is 9.91. The summed E-state index contributed by atoms with van der Waals surface area (Å²) >= 11 is 1.15. The molecular formula is C16H18F3N3O2S. The summed E-state index contributed by atoms with van der Waals surface area (Å²) in [6.45, 7) is 4.06. The van der Waals surface area contributed by atoms with Crippen LogP contribution in [0.15, 0.2) is 12.7 Å². The van der Waals surface area contributed by atoms with Crippen LogP contribution in [0.25, 0.3) is 0 Å². The van der Waals surface area contributed by atoms with Gasteiger partial charge in [0.25, 0.3) is 0 Å². The Labute approximate surface area is 147 Å². The predicted molar refractivity (Wildman–Crippen MR) is 87.4 cm³/mol. The summed E-state index contributed by atoms with van der Waals surface area (Å²) < 4.78 is 38.7. The highest BCUT2D eigenvalue weighted by molar-refractivity contribution is 7.15. The van der Waals surface area contributed by atoms with Crippen molar-refractivity contribution in [1.82, 2.24) is 9.88 Å². The molecule has 136 valence electrons. The van der Waals surface area contributed by atoms with E-state index in [0.29, 0.717) is 28.8 Å². The normalized spacial score (nSPS) is 20.6. The molecule has 3 rings (SSSR count). The van der Waals surface area contributed by atoms with Gasteiger partial charge in [0.15, 0.2) is 5.13 Å². The molecule has 25 heavy (non-hydrogen) atoms. The number of carbonyl (C=O) groups is 2. The van der Waals surface area contributed by atoms with Gasteiger partial charge < -0.3 is 4.90 Å². The number of carbonyl (C=O) groups excluding carboxylic acids is 2. The van der Waals surface area contributed by atoms with Crippen LogP contribution in [-0.2, 0) is 22.4 Å². The second-order valence-electron chi connectivity index (χ2n) is 6.39. The van der Waals surface area contributed by atoms with Crippen LogP contribution in [-0.4, -0.2) is 48.0 Å². The fourth-order valence-electron chi connectivity index (χ4n) is 3.10. The number of rotatable bonds is 3. The highest BCUT2D eigenvalue weighted by Crippen LogP contribution is 2.40. The van der Waals surface area contributed by atoms with Gasteiger partial charge in [-0.05, 0) is 25.3 Å². The smallest absolute Gasteiger partial charge is 0.337 e. The Bertz CT molecular complexity index is 710. The van der Waals surface area contributed by atoms with Crippen LogP contribution in [0.3, 0.4) is 0 Å². The number of fused-ring (bicyclic) bond motifs is 1. The lowest BCUT2D eigenvalue weighted by molar-refractivity contribution is -0.176. The lowest BCUT2D eigenvalue weighted by Crippen LogP contribution is -2.55. The second kappa shape index (κ2) is 6.44. The molecule has 1 unspecified atom stereocenters. The van der Waals surface area contributed by atoms with Crippen molar-refractivity contribution in [2.75, 3.05) is 25.0 Å². The van der Waals surface area contributed by atoms with Crippen molar-refractivity contribution < 1.29 is 22.8 Å². The van der Waals surface area contributed by atoms with Crippen molar-refractivity contribution in [3.63, 3.8) is 0 Å². The number of hydrogen-bond donors (Lipinski definition) is 0. The molecule has 1 aliphatic heterocycles. The molecule has 1 aromatic rings. The molecule has 1 atom stereocenters. The van der Waals surface area contributed by atoms with Gasteiger partial charge in [0, 0.05) is 25.0 Å². The molecule has 0 bridgehead atoms. The highest BCUT2D eigenvalue weighted by Gasteiger charge is 2.43. The minimum absolute atomic E-state index is 0.0403. The fourth-order valence-corrected chi connectivity index (χ4v) is 4.25. The summed E-state index contributed by atoms with van der Waals surface area (Å²) in [7, 11) is 1.58. The van der Waals surface area contributed by atoms with Gasteiger partial charge in [0.1, 0.15) is 0 Å². The second-order valence-corrected chi connectivity index (χ2v) is 7.45. The number of hydrogen-bond acceptors (Lipinski definition) is 4. The first kappa shape index (κ1) is 17.9. The Kier molecular flexibility index (Phi) is 4.61. The topological polar surface area (TPSA) is 53.5 Å². The Hall–Kier alpha value is -1.90. The van der Waals surface area contributed by atoms with Gasteiger partial charge in [-0.3, -0.25) is 14.5 Å². The molecule has 0 radical (unpaired) electrons. The average Bonchev–Trinajstić information content (AvgIpc) is 2.94. The molecule has 0 spiro atoms. The minimum atomic E-state index is -4.20. The van der Waals surface area contributed by atoms with E-state index in [1.807, 2.05) is 0 Å². The molecule has 0 N–H and O–H groups in total. The zero-order valence-electron chi connectivity index (χ0n) is 13.7. The number of alkyl halides is 3. The molecule has 1 aliphatic carbocycles. The first-order valence-corrected chi connectivity index (χ1v) is 8.76. The molecule has 2 aliphatic rings. The molecule has 0 aromatic carbocycles. The SMILES string of the molecule is C=CC(=O)N1CC(C(=O)N(C)c2nc3c(s2)CC(C(F)(F)F)CC3)C1. The van der Waals surface area contributed by atoms with E-state index in [1.54, 1.807) is 7.05 Å². The Morgan fingerprint density at radius 3 is 2.68 bits per heavy atom. The quantitative estimate of drug-likeness (QED) is 0.765. The minimum Gasteiger partial charge on any atom is -0.337 e. The molecule has 1 aromatic heterocycles. The number of likely N-dealkylation sites (tertiary alicyclic amines) is 1. The van der Waals surface area contributed by atoms with Gasteiger partial charge in [-0.2, -0.15) is 13.2 Å². The van der Waals surface area contributed by atoms with Gasteiger partial charge >= 0.3 is 6.18 Å².